The summed E-state index contributed by atoms with van der Waals surface area (Å²) in [7, 11) is 0. The number of thiophene rings is 1. The lowest BCUT2D eigenvalue weighted by molar-refractivity contribution is 0.304. The molecule has 0 saturated heterocycles. The zero-order valence-corrected chi connectivity index (χ0v) is 27.3. The molecule has 0 bridgehead atoms. The third-order valence-electron chi connectivity index (χ3n) is 7.61. The molecule has 0 fully saturated rings. The third kappa shape index (κ3) is 9.75. The highest BCUT2D eigenvalue weighted by molar-refractivity contribution is 7.18. The molecule has 0 N–H and O–H groups in total. The summed E-state index contributed by atoms with van der Waals surface area (Å²) < 4.78 is 23.8. The van der Waals surface area contributed by atoms with Crippen LogP contribution >= 0.6 is 11.3 Å². The van der Waals surface area contributed by atoms with Gasteiger partial charge >= 0.3 is 0 Å². The summed E-state index contributed by atoms with van der Waals surface area (Å²) in [6, 6.07) is 19.4. The van der Waals surface area contributed by atoms with Gasteiger partial charge in [-0.2, -0.15) is 0 Å². The lowest BCUT2D eigenvalue weighted by atomic mass is 10.1. The summed E-state index contributed by atoms with van der Waals surface area (Å²) in [4.78, 5) is 1.66. The average molecular weight is 629 g/mol. The Balaban J connectivity index is 1.11. The molecule has 45 heavy (non-hydrogen) atoms. The SMILES string of the molecule is CCCCCCCCOc1ccc(-c2nnc(-c3ccc(-c4nnc(-c5ccc(OCCCCCCCC)cc5)o4)s3)o2)cc1. The van der Waals surface area contributed by atoms with Crippen LogP contribution in [0.5, 0.6) is 11.5 Å². The van der Waals surface area contributed by atoms with Crippen LogP contribution < -0.4 is 9.47 Å². The van der Waals surface area contributed by atoms with Crippen LogP contribution in [-0.2, 0) is 0 Å². The van der Waals surface area contributed by atoms with Gasteiger partial charge in [0.05, 0.1) is 23.0 Å². The second-order valence-corrected chi connectivity index (χ2v) is 12.4. The van der Waals surface area contributed by atoms with Crippen molar-refractivity contribution in [3.05, 3.63) is 60.7 Å². The first kappa shape index (κ1) is 32.4. The summed E-state index contributed by atoms with van der Waals surface area (Å²) in [5.41, 5.74) is 1.69. The van der Waals surface area contributed by atoms with E-state index in [0.717, 1.165) is 58.4 Å². The summed E-state index contributed by atoms with van der Waals surface area (Å²) in [6.07, 6.45) is 14.9. The van der Waals surface area contributed by atoms with Gasteiger partial charge in [0, 0.05) is 11.1 Å². The molecule has 0 unspecified atom stereocenters. The first-order valence-corrected chi connectivity index (χ1v) is 17.3. The second kappa shape index (κ2) is 17.5. The Labute approximate surface area is 270 Å². The maximum absolute atomic E-state index is 6.00. The molecule has 3 heterocycles. The predicted molar refractivity (Wildman–Crippen MR) is 180 cm³/mol. The standard InChI is InChI=1S/C36H44N4O4S/c1-3-5-7-9-11-13-25-41-29-19-15-27(16-20-29)33-37-39-35(43-33)31-23-24-32(45-31)36-40-38-34(44-36)28-17-21-30(22-18-28)42-26-14-12-10-8-6-4-2/h15-24H,3-14,25-26H2,1-2H3. The van der Waals surface area contributed by atoms with E-state index >= 15 is 0 Å². The van der Waals surface area contributed by atoms with Crippen molar-refractivity contribution in [2.75, 3.05) is 13.2 Å². The topological polar surface area (TPSA) is 96.3 Å². The zero-order valence-electron chi connectivity index (χ0n) is 26.5. The number of hydrogen-bond acceptors (Lipinski definition) is 9. The lowest BCUT2D eigenvalue weighted by Gasteiger charge is -2.06. The van der Waals surface area contributed by atoms with Crippen molar-refractivity contribution in [2.45, 2.75) is 90.9 Å². The van der Waals surface area contributed by atoms with Gasteiger partial charge in [0.15, 0.2) is 0 Å². The molecule has 8 nitrogen and oxygen atoms in total. The maximum atomic E-state index is 6.00. The number of unbranched alkanes of at least 4 members (excludes halogenated alkanes) is 10. The number of ether oxygens (including phenoxy) is 2. The van der Waals surface area contributed by atoms with E-state index < -0.39 is 0 Å². The number of rotatable bonds is 20. The van der Waals surface area contributed by atoms with Crippen LogP contribution in [0.3, 0.4) is 0 Å². The Bertz CT molecular complexity index is 1430. The van der Waals surface area contributed by atoms with Crippen molar-refractivity contribution in [1.29, 1.82) is 0 Å². The number of hydrogen-bond donors (Lipinski definition) is 0. The van der Waals surface area contributed by atoms with Gasteiger partial charge in [0.25, 0.3) is 11.8 Å². The Morgan fingerprint density at radius 1 is 0.467 bits per heavy atom. The monoisotopic (exact) mass is 628 g/mol. The van der Waals surface area contributed by atoms with Crippen molar-refractivity contribution in [1.82, 2.24) is 20.4 Å². The van der Waals surface area contributed by atoms with Crippen LogP contribution in [0.2, 0.25) is 0 Å². The van der Waals surface area contributed by atoms with Crippen molar-refractivity contribution in [3.63, 3.8) is 0 Å². The molecule has 0 aliphatic rings. The first-order valence-electron chi connectivity index (χ1n) is 16.5. The molecule has 5 rings (SSSR count). The Hall–Kier alpha value is -3.98. The molecule has 2 aromatic carbocycles. The highest BCUT2D eigenvalue weighted by atomic mass is 32.1. The largest absolute Gasteiger partial charge is 0.494 e. The molecule has 0 spiro atoms. The fourth-order valence-electron chi connectivity index (χ4n) is 4.98. The van der Waals surface area contributed by atoms with E-state index in [1.807, 2.05) is 60.7 Å². The molecule has 3 aromatic heterocycles. The molecule has 0 saturated carbocycles. The molecule has 0 radical (unpaired) electrons. The molecule has 9 heteroatoms. The molecular formula is C36H44N4O4S. The highest BCUT2D eigenvalue weighted by Gasteiger charge is 2.17. The van der Waals surface area contributed by atoms with Gasteiger partial charge in [-0.05, 0) is 73.5 Å². The van der Waals surface area contributed by atoms with E-state index in [1.165, 1.54) is 75.5 Å². The van der Waals surface area contributed by atoms with Crippen LogP contribution in [0, 0.1) is 0 Å². The van der Waals surface area contributed by atoms with E-state index in [2.05, 4.69) is 34.2 Å². The summed E-state index contributed by atoms with van der Waals surface area (Å²) in [5, 5.41) is 17.1. The van der Waals surface area contributed by atoms with Crippen LogP contribution in [0.15, 0.2) is 69.5 Å². The first-order chi connectivity index (χ1) is 22.2. The molecule has 0 aliphatic carbocycles. The van der Waals surface area contributed by atoms with Gasteiger partial charge in [0.1, 0.15) is 11.5 Å². The van der Waals surface area contributed by atoms with Crippen molar-refractivity contribution in [3.8, 4) is 55.9 Å². The molecule has 0 atom stereocenters. The van der Waals surface area contributed by atoms with Gasteiger partial charge in [-0.1, -0.05) is 78.1 Å². The van der Waals surface area contributed by atoms with Crippen LogP contribution in [0.1, 0.15) is 90.9 Å². The van der Waals surface area contributed by atoms with E-state index in [1.54, 1.807) is 0 Å². The highest BCUT2D eigenvalue weighted by Crippen LogP contribution is 2.35. The van der Waals surface area contributed by atoms with Gasteiger partial charge in [-0.3, -0.25) is 0 Å². The molecule has 238 valence electrons. The minimum atomic E-state index is 0.445. The summed E-state index contributed by atoms with van der Waals surface area (Å²) in [6.45, 7) is 5.95. The number of aromatic nitrogens is 4. The molecule has 0 amide bonds. The zero-order chi connectivity index (χ0) is 31.1. The average Bonchev–Trinajstić information content (AvgIpc) is 3.86. The maximum Gasteiger partial charge on any atom is 0.258 e. The van der Waals surface area contributed by atoms with Crippen molar-refractivity contribution in [2.24, 2.45) is 0 Å². The third-order valence-corrected chi connectivity index (χ3v) is 8.67. The van der Waals surface area contributed by atoms with E-state index in [4.69, 9.17) is 18.3 Å². The molecule has 5 aromatic rings. The summed E-state index contributed by atoms with van der Waals surface area (Å²) in [5.74, 6) is 3.51. The molecule has 0 aliphatic heterocycles. The van der Waals surface area contributed by atoms with Gasteiger partial charge in [0.2, 0.25) is 11.8 Å². The predicted octanol–water partition coefficient (Wildman–Crippen LogP) is 10.7. The van der Waals surface area contributed by atoms with Crippen LogP contribution in [-0.4, -0.2) is 33.6 Å². The minimum absolute atomic E-state index is 0.445. The normalized spacial score (nSPS) is 11.2. The van der Waals surface area contributed by atoms with E-state index in [-0.39, 0.29) is 0 Å². The van der Waals surface area contributed by atoms with Crippen LogP contribution in [0.25, 0.3) is 44.4 Å². The number of nitrogens with zero attached hydrogens (tertiary/aromatic N) is 4. The van der Waals surface area contributed by atoms with E-state index in [0.29, 0.717) is 23.6 Å². The Morgan fingerprint density at radius 3 is 1.27 bits per heavy atom. The van der Waals surface area contributed by atoms with E-state index in [9.17, 15) is 0 Å². The van der Waals surface area contributed by atoms with Gasteiger partial charge in [-0.15, -0.1) is 31.7 Å². The van der Waals surface area contributed by atoms with Gasteiger partial charge in [-0.25, -0.2) is 0 Å². The minimum Gasteiger partial charge on any atom is -0.494 e. The Kier molecular flexibility index (Phi) is 12.6. The quantitative estimate of drug-likeness (QED) is 0.0785. The van der Waals surface area contributed by atoms with Crippen molar-refractivity contribution < 1.29 is 18.3 Å². The van der Waals surface area contributed by atoms with Crippen molar-refractivity contribution >= 4 is 11.3 Å². The second-order valence-electron chi connectivity index (χ2n) is 11.3. The fraction of sp³-hybridized carbons (Fsp3) is 0.444. The van der Waals surface area contributed by atoms with Crippen LogP contribution in [0.4, 0.5) is 0 Å². The Morgan fingerprint density at radius 2 is 0.844 bits per heavy atom. The smallest absolute Gasteiger partial charge is 0.258 e. The van der Waals surface area contributed by atoms with Gasteiger partial charge < -0.3 is 18.3 Å². The molecular weight excluding hydrogens is 584 g/mol. The fourth-order valence-corrected chi connectivity index (χ4v) is 5.83. The lowest BCUT2D eigenvalue weighted by Crippen LogP contribution is -1.97. The number of benzene rings is 2. The summed E-state index contributed by atoms with van der Waals surface area (Å²) >= 11 is 1.46.